The van der Waals surface area contributed by atoms with Crippen LogP contribution in [0.15, 0.2) is 24.4 Å². The summed E-state index contributed by atoms with van der Waals surface area (Å²) >= 11 is 0. The molecule has 0 spiro atoms. The minimum atomic E-state index is -2.77. The lowest BCUT2D eigenvalue weighted by Gasteiger charge is -2.09. The Kier molecular flexibility index (Phi) is 1.88. The number of fused-ring (bicyclic) bond motifs is 1. The van der Waals surface area contributed by atoms with Crippen LogP contribution in [-0.4, -0.2) is 49.1 Å². The Morgan fingerprint density at radius 1 is 1.57 bits per heavy atom. The quantitative estimate of drug-likeness (QED) is 0.886. The minimum Gasteiger partial charge on any atom is -0.447 e. The number of alkyl carbamates (subject to hydrolysis) is 1. The molecule has 0 unspecified atom stereocenters. The Bertz CT molecular complexity index is 940. The van der Waals surface area contributed by atoms with E-state index >= 15 is 0 Å². The Labute approximate surface area is 136 Å². The number of nitrogens with zero attached hydrogens (tertiary/aromatic N) is 1. The molecule has 1 saturated heterocycles. The molecule has 0 saturated carbocycles. The number of amides is 1. The van der Waals surface area contributed by atoms with Crippen molar-refractivity contribution >= 4 is 17.0 Å². The number of aromatic nitrogens is 1. The Morgan fingerprint density at radius 2 is 2.48 bits per heavy atom. The molecule has 2 N–H and O–H groups in total. The number of rotatable bonds is 5. The van der Waals surface area contributed by atoms with Crippen molar-refractivity contribution < 1.29 is 21.9 Å². The van der Waals surface area contributed by atoms with Gasteiger partial charge in [-0.25, -0.2) is 4.79 Å². The van der Waals surface area contributed by atoms with Gasteiger partial charge < -0.3 is 19.9 Å². The number of likely N-dealkylation sites (N-methyl/N-ethyl adjacent to an activating group) is 1. The van der Waals surface area contributed by atoms with Gasteiger partial charge in [0.25, 0.3) is 0 Å². The maximum Gasteiger partial charge on any atom is 0.407 e. The maximum absolute atomic E-state index is 11.4. The highest BCUT2D eigenvalue weighted by molar-refractivity contribution is 5.84. The molecule has 1 amide bonds. The molecule has 1 aliphatic heterocycles. The first-order chi connectivity index (χ1) is 13.6. The standard InChI is InChI=1S/C16H21N3O2/c1-19(2)6-5-12-9-17-15-4-3-11(8-14(12)15)7-13-10-21-16(20)18-13/h3-4,8-9,13,17H,5-7,10H2,1-2H3,(H,18,20)/t13-/m0/s1/i1D3,2D3,10D2,13D. The number of carbonyl (C=O) groups excluding carboxylic acids is 1. The smallest absolute Gasteiger partial charge is 0.407 e. The second-order valence-electron chi connectivity index (χ2n) is 4.87. The first-order valence-corrected chi connectivity index (χ1v) is 6.50. The molecule has 1 aliphatic rings. The summed E-state index contributed by atoms with van der Waals surface area (Å²) in [5.74, 6) is 0. The van der Waals surface area contributed by atoms with Crippen molar-refractivity contribution in [3.05, 3.63) is 35.5 Å². The van der Waals surface area contributed by atoms with Crippen molar-refractivity contribution in [2.75, 3.05) is 27.1 Å². The summed E-state index contributed by atoms with van der Waals surface area (Å²) in [6.45, 7) is -8.28. The fourth-order valence-corrected chi connectivity index (χ4v) is 2.34. The van der Waals surface area contributed by atoms with Crippen molar-refractivity contribution in [1.82, 2.24) is 15.2 Å². The SMILES string of the molecule is [2H]C([2H])([2H])N(CCc1c[nH]c2ccc(C[C@]3([2H])NC(=O)OC3([2H])[2H])cc12)C([2H])([2H])[2H]. The topological polar surface area (TPSA) is 57.4 Å². The van der Waals surface area contributed by atoms with Gasteiger partial charge in [-0.1, -0.05) is 6.07 Å². The summed E-state index contributed by atoms with van der Waals surface area (Å²) in [5.41, 5.74) is 1.95. The minimum absolute atomic E-state index is 0.146. The molecule has 1 aromatic carbocycles. The number of hydrogen-bond donors (Lipinski definition) is 2. The van der Waals surface area contributed by atoms with Gasteiger partial charge >= 0.3 is 6.09 Å². The lowest BCUT2D eigenvalue weighted by atomic mass is 10.0. The van der Waals surface area contributed by atoms with E-state index in [9.17, 15) is 4.79 Å². The molecular weight excluding hydrogens is 266 g/mol. The molecule has 5 heteroatoms. The third kappa shape index (κ3) is 3.19. The molecule has 2 heterocycles. The van der Waals surface area contributed by atoms with Gasteiger partial charge in [-0.2, -0.15) is 0 Å². The predicted octanol–water partition coefficient (Wildman–Crippen LogP) is 1.92. The van der Waals surface area contributed by atoms with E-state index in [4.69, 9.17) is 12.3 Å². The summed E-state index contributed by atoms with van der Waals surface area (Å²) in [5, 5.41) is 2.88. The van der Waals surface area contributed by atoms with Crippen molar-refractivity contribution in [2.24, 2.45) is 0 Å². The maximum atomic E-state index is 11.4. The van der Waals surface area contributed by atoms with Gasteiger partial charge in [0.05, 0.1) is 10.1 Å². The average Bonchev–Trinajstić information content (AvgIpc) is 3.02. The van der Waals surface area contributed by atoms with Crippen LogP contribution in [0.25, 0.3) is 10.9 Å². The van der Waals surface area contributed by atoms with Gasteiger partial charge in [0.1, 0.15) is 6.56 Å². The third-order valence-electron chi connectivity index (χ3n) is 3.34. The number of cyclic esters (lactones) is 1. The van der Waals surface area contributed by atoms with Crippen molar-refractivity contribution in [3.63, 3.8) is 0 Å². The zero-order chi connectivity index (χ0) is 22.5. The molecule has 21 heavy (non-hydrogen) atoms. The van der Waals surface area contributed by atoms with Gasteiger partial charge in [0.2, 0.25) is 0 Å². The molecule has 0 aliphatic carbocycles. The Hall–Kier alpha value is -2.01. The zero-order valence-corrected chi connectivity index (χ0v) is 11.2. The van der Waals surface area contributed by atoms with E-state index in [1.165, 1.54) is 0 Å². The molecule has 0 bridgehead atoms. The average molecular weight is 296 g/mol. The second kappa shape index (κ2) is 5.77. The highest BCUT2D eigenvalue weighted by Gasteiger charge is 2.22. The summed E-state index contributed by atoms with van der Waals surface area (Å²) < 4.78 is 73.1. The number of nitrogens with one attached hydrogen (secondary N) is 2. The van der Waals surface area contributed by atoms with Gasteiger partial charge in [-0.05, 0) is 50.1 Å². The van der Waals surface area contributed by atoms with Crippen molar-refractivity contribution in [2.45, 2.75) is 18.9 Å². The molecule has 1 atom stereocenters. The largest absolute Gasteiger partial charge is 0.447 e. The van der Waals surface area contributed by atoms with Crippen LogP contribution < -0.4 is 5.32 Å². The van der Waals surface area contributed by atoms with E-state index in [1.807, 2.05) is 0 Å². The number of H-pyrrole nitrogens is 1. The van der Waals surface area contributed by atoms with Gasteiger partial charge in [-0.15, -0.1) is 0 Å². The molecule has 112 valence electrons. The number of ether oxygens (including phenoxy) is 1. The van der Waals surface area contributed by atoms with E-state index in [-0.39, 0.29) is 19.4 Å². The molecular formula is C16H21N3O2. The second-order valence-corrected chi connectivity index (χ2v) is 4.87. The highest BCUT2D eigenvalue weighted by Crippen LogP contribution is 2.21. The molecule has 0 radical (unpaired) electrons. The summed E-state index contributed by atoms with van der Waals surface area (Å²) in [7, 11) is 0. The molecule has 3 rings (SSSR count). The van der Waals surface area contributed by atoms with Crippen LogP contribution in [0.2, 0.25) is 0 Å². The van der Waals surface area contributed by atoms with Crippen molar-refractivity contribution in [3.8, 4) is 0 Å². The van der Waals surface area contributed by atoms with E-state index in [0.717, 1.165) is 5.52 Å². The number of hydrogen-bond acceptors (Lipinski definition) is 3. The molecule has 5 nitrogen and oxygen atoms in total. The van der Waals surface area contributed by atoms with E-state index < -0.39 is 32.6 Å². The van der Waals surface area contributed by atoms with Gasteiger partial charge in [0, 0.05) is 31.9 Å². The fourth-order valence-electron chi connectivity index (χ4n) is 2.34. The normalized spacial score (nSPS) is 31.7. The van der Waals surface area contributed by atoms with Gasteiger partial charge in [0.15, 0.2) is 0 Å². The highest BCUT2D eigenvalue weighted by atomic mass is 16.6. The van der Waals surface area contributed by atoms with Gasteiger partial charge in [-0.3, -0.25) is 0 Å². The van der Waals surface area contributed by atoms with Crippen LogP contribution in [0.1, 0.15) is 23.5 Å². The van der Waals surface area contributed by atoms with E-state index in [2.05, 4.69) is 15.0 Å². The number of aromatic amines is 1. The van der Waals surface area contributed by atoms with Crippen LogP contribution in [0, 0.1) is 0 Å². The van der Waals surface area contributed by atoms with Crippen LogP contribution in [-0.2, 0) is 17.6 Å². The van der Waals surface area contributed by atoms with Crippen LogP contribution in [0.3, 0.4) is 0 Å². The lowest BCUT2D eigenvalue weighted by molar-refractivity contribution is 0.177. The molecule has 1 fully saturated rings. The third-order valence-corrected chi connectivity index (χ3v) is 3.34. The van der Waals surface area contributed by atoms with E-state index in [1.54, 1.807) is 24.4 Å². The van der Waals surface area contributed by atoms with Crippen LogP contribution >= 0.6 is 0 Å². The first-order valence-electron chi connectivity index (χ1n) is 11.0. The van der Waals surface area contributed by atoms with Crippen LogP contribution in [0.5, 0.6) is 0 Å². The lowest BCUT2D eigenvalue weighted by Crippen LogP contribution is -2.28. The Morgan fingerprint density at radius 3 is 3.24 bits per heavy atom. The molecule has 1 aromatic heterocycles. The Balaban J connectivity index is 1.84. The monoisotopic (exact) mass is 296 g/mol. The van der Waals surface area contributed by atoms with E-state index in [0.29, 0.717) is 21.4 Å². The van der Waals surface area contributed by atoms with Crippen molar-refractivity contribution in [1.29, 1.82) is 0 Å². The van der Waals surface area contributed by atoms with Crippen LogP contribution in [0.4, 0.5) is 4.79 Å². The first kappa shape index (κ1) is 6.83. The molecule has 2 aromatic rings. The summed E-state index contributed by atoms with van der Waals surface area (Å²) in [6.07, 6.45) is 0.630. The fraction of sp³-hybridized carbons (Fsp3) is 0.438. The summed E-state index contributed by atoms with van der Waals surface area (Å²) in [6, 6.07) is 3.09. The number of carbonyl (C=O) groups is 1. The zero-order valence-electron chi connectivity index (χ0n) is 20.2. The predicted molar refractivity (Wildman–Crippen MR) is 82.5 cm³/mol. The number of benzene rings is 1. The summed E-state index contributed by atoms with van der Waals surface area (Å²) in [4.78, 5) is 14.9.